The van der Waals surface area contributed by atoms with Crippen molar-refractivity contribution in [2.24, 2.45) is 0 Å². The Balaban J connectivity index is 0.00000306. The number of ether oxygens (including phenoxy) is 2. The molecule has 4 aromatic rings. The van der Waals surface area contributed by atoms with Gasteiger partial charge >= 0.3 is 0 Å². The van der Waals surface area contributed by atoms with Gasteiger partial charge in [-0.25, -0.2) is 0 Å². The van der Waals surface area contributed by atoms with Crippen LogP contribution >= 0.6 is 8.58 Å². The van der Waals surface area contributed by atoms with Crippen molar-refractivity contribution >= 4 is 38.3 Å². The molecule has 4 aromatic carbocycles. The molecule has 0 saturated carbocycles. The summed E-state index contributed by atoms with van der Waals surface area (Å²) in [4.78, 5) is 13.3. The van der Waals surface area contributed by atoms with Crippen LogP contribution in [0, 0.1) is 20.8 Å². The first-order chi connectivity index (χ1) is 15.5. The monoisotopic (exact) mass is 447 g/mol. The summed E-state index contributed by atoms with van der Waals surface area (Å²) in [5.41, 5.74) is 4.08. The quantitative estimate of drug-likeness (QED) is 0.227. The van der Waals surface area contributed by atoms with Gasteiger partial charge in [-0.05, 0) is 76.9 Å². The second-order valence-corrected chi connectivity index (χ2v) is 8.96. The van der Waals surface area contributed by atoms with E-state index in [9.17, 15) is 4.79 Å². The number of para-hydroxylation sites is 2. The molecule has 161 valence electrons. The topological polar surface area (TPSA) is 35.5 Å². The second kappa shape index (κ2) is 11.4. The molecule has 0 heterocycles. The molecule has 0 aromatic heterocycles. The van der Waals surface area contributed by atoms with Crippen LogP contribution in [0.15, 0.2) is 91.0 Å². The normalized spacial score (nSPS) is 10.6. The van der Waals surface area contributed by atoms with Crippen LogP contribution in [-0.4, -0.2) is 24.4 Å². The molecule has 0 aliphatic rings. The molecular weight excluding hydrogens is 422 g/mol. The molecule has 0 aliphatic heterocycles. The fourth-order valence-electron chi connectivity index (χ4n) is 3.72. The number of hydrogen-bond donors (Lipinski definition) is 0. The summed E-state index contributed by atoms with van der Waals surface area (Å²) in [6.07, 6.45) is 0. The Hall–Kier alpha value is -2.82. The number of hydrogen-bond acceptors (Lipinski definition) is 3. The summed E-state index contributed by atoms with van der Waals surface area (Å²) in [7, 11) is -0.0594. The Labute approximate surface area is 209 Å². The molecular formula is C28H25LiO3P. The molecule has 4 rings (SSSR count). The predicted molar refractivity (Wildman–Crippen MR) is 138 cm³/mol. The molecule has 3 nitrogen and oxygen atoms in total. The minimum absolute atomic E-state index is 0. The van der Waals surface area contributed by atoms with Gasteiger partial charge in [-0.3, -0.25) is 4.79 Å². The van der Waals surface area contributed by atoms with Crippen molar-refractivity contribution in [3.05, 3.63) is 113 Å². The van der Waals surface area contributed by atoms with Crippen molar-refractivity contribution in [1.29, 1.82) is 0 Å². The van der Waals surface area contributed by atoms with Gasteiger partial charge in [0.15, 0.2) is 5.52 Å². The third-order valence-corrected chi connectivity index (χ3v) is 6.21. The average molecular weight is 447 g/mol. The number of carbonyl (C=O) groups is 1. The van der Waals surface area contributed by atoms with E-state index in [1.54, 1.807) is 0 Å². The summed E-state index contributed by atoms with van der Waals surface area (Å²) in [5, 5.41) is 0.846. The molecule has 1 radical (unpaired) electrons. The van der Waals surface area contributed by atoms with Gasteiger partial charge in [-0.1, -0.05) is 54.1 Å². The predicted octanol–water partition coefficient (Wildman–Crippen LogP) is 6.96. The first-order valence-electron chi connectivity index (χ1n) is 10.5. The van der Waals surface area contributed by atoms with Crippen molar-refractivity contribution in [2.75, 3.05) is 0 Å². The van der Waals surface area contributed by atoms with Crippen molar-refractivity contribution < 1.29 is 14.3 Å². The van der Waals surface area contributed by atoms with Gasteiger partial charge in [0.2, 0.25) is 0 Å². The zero-order valence-corrected chi connectivity index (χ0v) is 20.4. The zero-order valence-electron chi connectivity index (χ0n) is 19.4. The van der Waals surface area contributed by atoms with Crippen LogP contribution in [0.2, 0.25) is 0 Å². The van der Waals surface area contributed by atoms with Gasteiger partial charge in [-0.2, -0.15) is 0 Å². The fourth-order valence-corrected chi connectivity index (χ4v) is 4.89. The van der Waals surface area contributed by atoms with Crippen molar-refractivity contribution in [3.63, 3.8) is 0 Å². The van der Waals surface area contributed by atoms with E-state index in [1.807, 2.05) is 99.6 Å². The number of aryl methyl sites for hydroxylation is 3. The maximum Gasteiger partial charge on any atom is 0.186 e. The largest absolute Gasteiger partial charge is 0.457 e. The molecule has 0 fully saturated rings. The van der Waals surface area contributed by atoms with Crippen molar-refractivity contribution in [3.8, 4) is 23.0 Å². The van der Waals surface area contributed by atoms with Crippen LogP contribution in [0.4, 0.5) is 0 Å². The van der Waals surface area contributed by atoms with Crippen LogP contribution in [-0.2, 0) is 0 Å². The standard InChI is InChI=1S/C28H25O3P.Li/c1-19-16-20(2)27(21(3)17-19)28(29)32-26-15-14-24(30-22-10-6-4-7-11-22)18-25(26)31-23-12-8-5-9-13-23;/h4-18,32H,1-3H3;. The molecule has 0 N–H and O–H groups in total. The van der Waals surface area contributed by atoms with Crippen molar-refractivity contribution in [1.82, 2.24) is 0 Å². The molecule has 5 heteroatoms. The average Bonchev–Trinajstić information content (AvgIpc) is 2.76. The molecule has 0 amide bonds. The summed E-state index contributed by atoms with van der Waals surface area (Å²) < 4.78 is 12.2. The summed E-state index contributed by atoms with van der Waals surface area (Å²) in [5.74, 6) is 2.74. The van der Waals surface area contributed by atoms with Gasteiger partial charge in [0.1, 0.15) is 23.0 Å². The summed E-state index contributed by atoms with van der Waals surface area (Å²) in [6.45, 7) is 6.04. The van der Waals surface area contributed by atoms with E-state index in [4.69, 9.17) is 9.47 Å². The minimum atomic E-state index is -0.0594. The minimum Gasteiger partial charge on any atom is -0.457 e. The van der Waals surface area contributed by atoms with Crippen LogP contribution in [0.3, 0.4) is 0 Å². The molecule has 1 atom stereocenters. The van der Waals surface area contributed by atoms with E-state index in [0.717, 1.165) is 33.3 Å². The number of benzene rings is 4. The third kappa shape index (κ3) is 6.37. The molecule has 33 heavy (non-hydrogen) atoms. The molecule has 0 aliphatic carbocycles. The second-order valence-electron chi connectivity index (χ2n) is 7.72. The van der Waals surface area contributed by atoms with Crippen LogP contribution < -0.4 is 14.8 Å². The Morgan fingerprint density at radius 2 is 1.21 bits per heavy atom. The van der Waals surface area contributed by atoms with E-state index in [-0.39, 0.29) is 33.0 Å². The first-order valence-corrected chi connectivity index (χ1v) is 11.5. The van der Waals surface area contributed by atoms with E-state index in [2.05, 4.69) is 12.1 Å². The third-order valence-electron chi connectivity index (χ3n) is 5.06. The number of rotatable bonds is 7. The van der Waals surface area contributed by atoms with Gasteiger partial charge in [-0.15, -0.1) is 0 Å². The SMILES string of the molecule is Cc1cc(C)c(C(=O)Pc2ccc(Oc3ccccc3)cc2Oc2ccccc2)c(C)c1.[Li]. The summed E-state index contributed by atoms with van der Waals surface area (Å²) >= 11 is 0. The van der Waals surface area contributed by atoms with Gasteiger partial charge in [0.25, 0.3) is 0 Å². The molecule has 0 bridgehead atoms. The van der Waals surface area contributed by atoms with E-state index in [1.165, 1.54) is 0 Å². The summed E-state index contributed by atoms with van der Waals surface area (Å²) in [6, 6.07) is 29.0. The van der Waals surface area contributed by atoms with Crippen LogP contribution in [0.5, 0.6) is 23.0 Å². The Kier molecular flexibility index (Phi) is 8.53. The zero-order chi connectivity index (χ0) is 22.5. The Morgan fingerprint density at radius 1 is 0.667 bits per heavy atom. The first kappa shape index (κ1) is 24.8. The maximum atomic E-state index is 13.3. The van der Waals surface area contributed by atoms with Gasteiger partial charge in [0.05, 0.1) is 0 Å². The van der Waals surface area contributed by atoms with E-state index in [0.29, 0.717) is 17.2 Å². The number of carbonyl (C=O) groups excluding carboxylic acids is 1. The Bertz CT molecular complexity index is 1220. The Morgan fingerprint density at radius 3 is 1.79 bits per heavy atom. The van der Waals surface area contributed by atoms with Crippen molar-refractivity contribution in [2.45, 2.75) is 20.8 Å². The van der Waals surface area contributed by atoms with Crippen LogP contribution in [0.25, 0.3) is 0 Å². The fraction of sp³-hybridized carbons (Fsp3) is 0.107. The maximum absolute atomic E-state index is 13.3. The smallest absolute Gasteiger partial charge is 0.186 e. The van der Waals surface area contributed by atoms with E-state index >= 15 is 0 Å². The molecule has 0 saturated heterocycles. The van der Waals surface area contributed by atoms with Gasteiger partial charge in [0, 0.05) is 35.8 Å². The molecule has 0 spiro atoms. The van der Waals surface area contributed by atoms with Gasteiger partial charge < -0.3 is 9.47 Å². The van der Waals surface area contributed by atoms with E-state index < -0.39 is 0 Å². The van der Waals surface area contributed by atoms with Crippen LogP contribution in [0.1, 0.15) is 27.0 Å². The molecule has 1 unspecified atom stereocenters.